The van der Waals surface area contributed by atoms with Gasteiger partial charge in [0.1, 0.15) is 0 Å². The van der Waals surface area contributed by atoms with E-state index in [9.17, 15) is 10.0 Å². The van der Waals surface area contributed by atoms with E-state index in [1.807, 2.05) is 37.3 Å². The second-order valence-electron chi connectivity index (χ2n) is 3.73. The molecule has 0 aliphatic rings. The van der Waals surface area contributed by atoms with Crippen LogP contribution in [0.3, 0.4) is 0 Å². The summed E-state index contributed by atoms with van der Waals surface area (Å²) in [6.45, 7) is 3.16. The molecule has 1 aromatic carbocycles. The van der Waals surface area contributed by atoms with Gasteiger partial charge in [-0.3, -0.25) is 10.0 Å². The standard InChI is InChI=1S/C12H13NO2S.H3N/c1-8(13(15)9(2)14)12-7-10-5-3-4-6-11(10)16-12;/h3-8,15H,1-2H3;1H3. The molecule has 0 saturated heterocycles. The van der Waals surface area contributed by atoms with Crippen molar-refractivity contribution in [2.45, 2.75) is 19.9 Å². The van der Waals surface area contributed by atoms with E-state index in [2.05, 4.69) is 0 Å². The molecular formula is C12H16N2O2S. The molecule has 1 amide bonds. The number of amides is 1. The monoisotopic (exact) mass is 252 g/mol. The van der Waals surface area contributed by atoms with Crippen LogP contribution >= 0.6 is 11.3 Å². The minimum Gasteiger partial charge on any atom is -0.344 e. The van der Waals surface area contributed by atoms with Crippen LogP contribution in [0.4, 0.5) is 0 Å². The zero-order chi connectivity index (χ0) is 11.7. The van der Waals surface area contributed by atoms with E-state index >= 15 is 0 Å². The first-order valence-corrected chi connectivity index (χ1v) is 5.88. The van der Waals surface area contributed by atoms with Gasteiger partial charge < -0.3 is 6.15 Å². The Hall–Kier alpha value is -1.43. The largest absolute Gasteiger partial charge is 0.344 e. The van der Waals surface area contributed by atoms with Crippen molar-refractivity contribution in [3.63, 3.8) is 0 Å². The Labute approximate surface area is 104 Å². The lowest BCUT2D eigenvalue weighted by atomic mass is 10.2. The lowest BCUT2D eigenvalue weighted by Crippen LogP contribution is -2.27. The van der Waals surface area contributed by atoms with Gasteiger partial charge in [0.25, 0.3) is 0 Å². The Balaban J connectivity index is 0.00000144. The molecule has 0 bridgehead atoms. The zero-order valence-corrected chi connectivity index (χ0v) is 10.7. The second-order valence-corrected chi connectivity index (χ2v) is 4.84. The van der Waals surface area contributed by atoms with Crippen molar-refractivity contribution in [2.75, 3.05) is 0 Å². The molecule has 0 aliphatic heterocycles. The molecule has 17 heavy (non-hydrogen) atoms. The highest BCUT2D eigenvalue weighted by Crippen LogP contribution is 2.31. The van der Waals surface area contributed by atoms with Gasteiger partial charge in [-0.2, -0.15) is 0 Å². The van der Waals surface area contributed by atoms with Crippen LogP contribution in [0, 0.1) is 0 Å². The molecule has 2 rings (SSSR count). The fourth-order valence-electron chi connectivity index (χ4n) is 1.60. The van der Waals surface area contributed by atoms with Crippen molar-refractivity contribution >= 4 is 27.3 Å². The smallest absolute Gasteiger partial charge is 0.243 e. The van der Waals surface area contributed by atoms with Crippen LogP contribution < -0.4 is 6.15 Å². The Kier molecular flexibility index (Phi) is 4.22. The molecule has 0 saturated carbocycles. The van der Waals surface area contributed by atoms with Gasteiger partial charge in [0.2, 0.25) is 5.91 Å². The fourth-order valence-corrected chi connectivity index (χ4v) is 2.70. The molecule has 4 N–H and O–H groups in total. The third kappa shape index (κ3) is 2.63. The van der Waals surface area contributed by atoms with Gasteiger partial charge in [-0.15, -0.1) is 11.3 Å². The highest BCUT2D eigenvalue weighted by atomic mass is 32.1. The minimum atomic E-state index is -0.343. The van der Waals surface area contributed by atoms with Crippen LogP contribution in [-0.4, -0.2) is 16.2 Å². The van der Waals surface area contributed by atoms with Crippen molar-refractivity contribution < 1.29 is 10.0 Å². The molecule has 0 radical (unpaired) electrons. The van der Waals surface area contributed by atoms with E-state index in [4.69, 9.17) is 0 Å². The number of benzene rings is 1. The Morgan fingerprint density at radius 3 is 2.65 bits per heavy atom. The van der Waals surface area contributed by atoms with Crippen molar-refractivity contribution in [2.24, 2.45) is 0 Å². The van der Waals surface area contributed by atoms with Gasteiger partial charge in [-0.05, 0) is 24.4 Å². The van der Waals surface area contributed by atoms with E-state index < -0.39 is 0 Å². The number of hydroxylamine groups is 2. The van der Waals surface area contributed by atoms with E-state index in [-0.39, 0.29) is 18.1 Å². The molecule has 1 atom stereocenters. The molecule has 1 heterocycles. The molecule has 5 heteroatoms. The average molecular weight is 252 g/mol. The highest BCUT2D eigenvalue weighted by Gasteiger charge is 2.18. The first-order chi connectivity index (χ1) is 7.59. The third-order valence-corrected chi connectivity index (χ3v) is 3.83. The number of thiophene rings is 1. The summed E-state index contributed by atoms with van der Waals surface area (Å²) in [6, 6.07) is 9.73. The van der Waals surface area contributed by atoms with Gasteiger partial charge in [0.05, 0.1) is 6.04 Å². The van der Waals surface area contributed by atoms with Crippen LogP contribution in [0.2, 0.25) is 0 Å². The predicted octanol–water partition coefficient (Wildman–Crippen LogP) is 3.36. The molecular weight excluding hydrogens is 236 g/mol. The van der Waals surface area contributed by atoms with E-state index in [1.54, 1.807) is 11.3 Å². The van der Waals surface area contributed by atoms with E-state index in [0.717, 1.165) is 15.3 Å². The maximum atomic E-state index is 11.1. The molecule has 4 nitrogen and oxygen atoms in total. The van der Waals surface area contributed by atoms with Crippen molar-refractivity contribution in [3.05, 3.63) is 35.2 Å². The molecule has 1 aromatic heterocycles. The Morgan fingerprint density at radius 1 is 1.41 bits per heavy atom. The highest BCUT2D eigenvalue weighted by molar-refractivity contribution is 7.19. The summed E-state index contributed by atoms with van der Waals surface area (Å²) in [5.41, 5.74) is 0. The summed E-state index contributed by atoms with van der Waals surface area (Å²) in [7, 11) is 0. The quantitative estimate of drug-likeness (QED) is 0.635. The maximum Gasteiger partial charge on any atom is 0.243 e. The number of hydrogen-bond donors (Lipinski definition) is 2. The van der Waals surface area contributed by atoms with Crippen molar-refractivity contribution in [1.82, 2.24) is 11.2 Å². The molecule has 0 spiro atoms. The van der Waals surface area contributed by atoms with Crippen LogP contribution in [0.1, 0.15) is 24.8 Å². The van der Waals surface area contributed by atoms with Gasteiger partial charge in [0, 0.05) is 16.5 Å². The predicted molar refractivity (Wildman–Crippen MR) is 69.6 cm³/mol. The SMILES string of the molecule is CC(=O)N(O)C(C)c1cc2ccccc2s1.N. The van der Waals surface area contributed by atoms with Crippen LogP contribution in [0.5, 0.6) is 0 Å². The number of fused-ring (bicyclic) bond motifs is 1. The van der Waals surface area contributed by atoms with Gasteiger partial charge in [-0.25, -0.2) is 5.06 Å². The topological polar surface area (TPSA) is 75.5 Å². The maximum absolute atomic E-state index is 11.1. The number of rotatable bonds is 2. The Bertz CT molecular complexity index is 491. The first kappa shape index (κ1) is 13.6. The van der Waals surface area contributed by atoms with E-state index in [1.165, 1.54) is 11.6 Å². The van der Waals surface area contributed by atoms with Crippen LogP contribution in [0.15, 0.2) is 30.3 Å². The summed E-state index contributed by atoms with van der Waals surface area (Å²) in [4.78, 5) is 12.0. The number of carbonyl (C=O) groups excluding carboxylic acids is 1. The summed E-state index contributed by atoms with van der Waals surface area (Å²) >= 11 is 1.60. The summed E-state index contributed by atoms with van der Waals surface area (Å²) in [5, 5.41) is 11.5. The number of hydrogen-bond acceptors (Lipinski definition) is 4. The second kappa shape index (κ2) is 5.27. The normalized spacial score (nSPS) is 11.9. The lowest BCUT2D eigenvalue weighted by molar-refractivity contribution is -0.172. The summed E-state index contributed by atoms with van der Waals surface area (Å²) in [5.74, 6) is -0.343. The minimum absolute atomic E-state index is 0. The summed E-state index contributed by atoms with van der Waals surface area (Å²) in [6.07, 6.45) is 0. The molecule has 2 aromatic rings. The third-order valence-electron chi connectivity index (χ3n) is 2.55. The van der Waals surface area contributed by atoms with Crippen molar-refractivity contribution in [3.8, 4) is 0 Å². The van der Waals surface area contributed by atoms with E-state index in [0.29, 0.717) is 0 Å². The lowest BCUT2D eigenvalue weighted by Gasteiger charge is -2.19. The molecule has 0 fully saturated rings. The molecule has 92 valence electrons. The fraction of sp³-hybridized carbons (Fsp3) is 0.250. The zero-order valence-electron chi connectivity index (χ0n) is 9.88. The van der Waals surface area contributed by atoms with Gasteiger partial charge in [-0.1, -0.05) is 18.2 Å². The Morgan fingerprint density at radius 2 is 2.06 bits per heavy atom. The molecule has 1 unspecified atom stereocenters. The van der Waals surface area contributed by atoms with Gasteiger partial charge in [0.15, 0.2) is 0 Å². The number of carbonyl (C=O) groups is 1. The van der Waals surface area contributed by atoms with Crippen LogP contribution in [-0.2, 0) is 4.79 Å². The van der Waals surface area contributed by atoms with Crippen molar-refractivity contribution in [1.29, 1.82) is 0 Å². The van der Waals surface area contributed by atoms with Gasteiger partial charge >= 0.3 is 0 Å². The first-order valence-electron chi connectivity index (χ1n) is 5.06. The summed E-state index contributed by atoms with van der Waals surface area (Å²) < 4.78 is 1.17. The number of nitrogens with zero attached hydrogens (tertiary/aromatic N) is 1. The molecule has 0 aliphatic carbocycles. The average Bonchev–Trinajstić information content (AvgIpc) is 2.70. The van der Waals surface area contributed by atoms with Crippen LogP contribution in [0.25, 0.3) is 10.1 Å².